The lowest BCUT2D eigenvalue weighted by Crippen LogP contribution is -2.26. The van der Waals surface area contributed by atoms with Crippen molar-refractivity contribution in [1.82, 2.24) is 5.32 Å². The third kappa shape index (κ3) is 3.21. The van der Waals surface area contributed by atoms with Crippen LogP contribution in [0.2, 0.25) is 0 Å². The minimum Gasteiger partial charge on any atom is -0.314 e. The van der Waals surface area contributed by atoms with Crippen LogP contribution in [0.3, 0.4) is 0 Å². The largest absolute Gasteiger partial charge is 0.314 e. The summed E-state index contributed by atoms with van der Waals surface area (Å²) in [6, 6.07) is 0.850. The average molecular weight is 209 g/mol. The maximum Gasteiger partial charge on any atom is 0.00697 e. The molecule has 0 radical (unpaired) electrons. The molecule has 2 fully saturated rings. The summed E-state index contributed by atoms with van der Waals surface area (Å²) in [7, 11) is 0. The second-order valence-corrected chi connectivity index (χ2v) is 5.58. The molecule has 0 aromatic rings. The van der Waals surface area contributed by atoms with Gasteiger partial charge >= 0.3 is 0 Å². The first-order chi connectivity index (χ1) is 7.40. The lowest BCUT2D eigenvalue weighted by Gasteiger charge is -2.22. The Balaban J connectivity index is 1.78. The second kappa shape index (κ2) is 5.89. The van der Waals surface area contributed by atoms with Gasteiger partial charge in [-0.15, -0.1) is 0 Å². The van der Waals surface area contributed by atoms with Crippen molar-refractivity contribution >= 4 is 0 Å². The van der Waals surface area contributed by atoms with Crippen LogP contribution in [0, 0.1) is 11.8 Å². The van der Waals surface area contributed by atoms with E-state index in [2.05, 4.69) is 12.2 Å². The van der Waals surface area contributed by atoms with Crippen LogP contribution in [0.25, 0.3) is 0 Å². The molecule has 0 amide bonds. The Morgan fingerprint density at radius 1 is 0.867 bits per heavy atom. The fourth-order valence-corrected chi connectivity index (χ4v) is 3.70. The molecule has 2 aliphatic carbocycles. The summed E-state index contributed by atoms with van der Waals surface area (Å²) in [5.74, 6) is 2.14. The van der Waals surface area contributed by atoms with Gasteiger partial charge in [0.05, 0.1) is 0 Å². The Morgan fingerprint density at radius 3 is 2.27 bits per heavy atom. The molecule has 0 heterocycles. The molecular weight excluding hydrogens is 182 g/mol. The first kappa shape index (κ1) is 11.4. The van der Waals surface area contributed by atoms with Crippen LogP contribution in [0.1, 0.15) is 64.7 Å². The van der Waals surface area contributed by atoms with E-state index in [1.807, 2.05) is 0 Å². The Kier molecular flexibility index (Phi) is 4.49. The molecule has 2 aliphatic rings. The third-order valence-corrected chi connectivity index (χ3v) is 4.53. The van der Waals surface area contributed by atoms with Crippen molar-refractivity contribution in [1.29, 1.82) is 0 Å². The minimum absolute atomic E-state index is 0.850. The van der Waals surface area contributed by atoms with Crippen molar-refractivity contribution < 1.29 is 0 Å². The summed E-state index contributed by atoms with van der Waals surface area (Å²) in [5.41, 5.74) is 0. The number of hydrogen-bond acceptors (Lipinski definition) is 1. The van der Waals surface area contributed by atoms with Crippen molar-refractivity contribution in [2.75, 3.05) is 6.54 Å². The van der Waals surface area contributed by atoms with Crippen molar-refractivity contribution in [3.05, 3.63) is 0 Å². The quantitative estimate of drug-likeness (QED) is 0.698. The fourth-order valence-electron chi connectivity index (χ4n) is 3.70. The molecule has 2 unspecified atom stereocenters. The van der Waals surface area contributed by atoms with Gasteiger partial charge in [-0.2, -0.15) is 0 Å². The standard InChI is InChI=1S/C14H27N/c1-2-15-14-10-9-13(11-14)12-7-5-3-4-6-8-12/h12-15H,2-11H2,1H3. The highest BCUT2D eigenvalue weighted by Crippen LogP contribution is 2.38. The molecule has 2 rings (SSSR count). The molecule has 1 heteroatoms. The van der Waals surface area contributed by atoms with Gasteiger partial charge in [0.15, 0.2) is 0 Å². The predicted octanol–water partition coefficient (Wildman–Crippen LogP) is 3.74. The van der Waals surface area contributed by atoms with Gasteiger partial charge in [-0.25, -0.2) is 0 Å². The highest BCUT2D eigenvalue weighted by Gasteiger charge is 2.30. The molecule has 0 spiro atoms. The molecular formula is C14H27N. The Bertz CT molecular complexity index is 170. The van der Waals surface area contributed by atoms with Crippen molar-refractivity contribution in [2.24, 2.45) is 11.8 Å². The molecule has 0 bridgehead atoms. The van der Waals surface area contributed by atoms with Gasteiger partial charge in [-0.1, -0.05) is 45.4 Å². The molecule has 0 aliphatic heterocycles. The Hall–Kier alpha value is -0.0400. The molecule has 1 N–H and O–H groups in total. The Labute approximate surface area is 95.0 Å². The van der Waals surface area contributed by atoms with Gasteiger partial charge in [0, 0.05) is 6.04 Å². The zero-order valence-electron chi connectivity index (χ0n) is 10.3. The minimum atomic E-state index is 0.850. The molecule has 88 valence electrons. The zero-order valence-corrected chi connectivity index (χ0v) is 10.3. The van der Waals surface area contributed by atoms with Gasteiger partial charge in [-0.05, 0) is 37.6 Å². The van der Waals surface area contributed by atoms with Crippen LogP contribution in [-0.2, 0) is 0 Å². The maximum atomic E-state index is 3.63. The summed E-state index contributed by atoms with van der Waals surface area (Å²) in [4.78, 5) is 0. The van der Waals surface area contributed by atoms with E-state index in [9.17, 15) is 0 Å². The van der Waals surface area contributed by atoms with Gasteiger partial charge < -0.3 is 5.32 Å². The van der Waals surface area contributed by atoms with E-state index in [0.29, 0.717) is 0 Å². The maximum absolute atomic E-state index is 3.63. The lowest BCUT2D eigenvalue weighted by molar-refractivity contribution is 0.298. The number of nitrogens with one attached hydrogen (secondary N) is 1. The van der Waals surface area contributed by atoms with E-state index in [1.165, 1.54) is 57.8 Å². The van der Waals surface area contributed by atoms with Crippen LogP contribution in [0.4, 0.5) is 0 Å². The molecule has 2 atom stereocenters. The van der Waals surface area contributed by atoms with Crippen LogP contribution in [-0.4, -0.2) is 12.6 Å². The van der Waals surface area contributed by atoms with Crippen LogP contribution < -0.4 is 5.32 Å². The number of rotatable bonds is 3. The monoisotopic (exact) mass is 209 g/mol. The summed E-state index contributed by atoms with van der Waals surface area (Å²) >= 11 is 0. The molecule has 15 heavy (non-hydrogen) atoms. The molecule has 1 nitrogen and oxygen atoms in total. The van der Waals surface area contributed by atoms with Crippen LogP contribution in [0.15, 0.2) is 0 Å². The zero-order chi connectivity index (χ0) is 10.5. The summed E-state index contributed by atoms with van der Waals surface area (Å²) in [5, 5.41) is 3.63. The van der Waals surface area contributed by atoms with E-state index in [4.69, 9.17) is 0 Å². The highest BCUT2D eigenvalue weighted by molar-refractivity contribution is 4.85. The van der Waals surface area contributed by atoms with E-state index in [-0.39, 0.29) is 0 Å². The third-order valence-electron chi connectivity index (χ3n) is 4.53. The smallest absolute Gasteiger partial charge is 0.00697 e. The second-order valence-electron chi connectivity index (χ2n) is 5.58. The molecule has 0 aromatic carbocycles. The Morgan fingerprint density at radius 2 is 1.60 bits per heavy atom. The van der Waals surface area contributed by atoms with Gasteiger partial charge in [-0.3, -0.25) is 0 Å². The average Bonchev–Trinajstić information content (AvgIpc) is 2.53. The van der Waals surface area contributed by atoms with E-state index in [1.54, 1.807) is 0 Å². The van der Waals surface area contributed by atoms with Gasteiger partial charge in [0.1, 0.15) is 0 Å². The predicted molar refractivity (Wildman–Crippen MR) is 66.0 cm³/mol. The molecule has 2 saturated carbocycles. The summed E-state index contributed by atoms with van der Waals surface area (Å²) in [6.45, 7) is 3.39. The van der Waals surface area contributed by atoms with E-state index in [0.717, 1.165) is 24.4 Å². The van der Waals surface area contributed by atoms with E-state index < -0.39 is 0 Å². The van der Waals surface area contributed by atoms with E-state index >= 15 is 0 Å². The SMILES string of the molecule is CCNC1CCC(C2CCCCCC2)C1. The topological polar surface area (TPSA) is 12.0 Å². The van der Waals surface area contributed by atoms with Crippen LogP contribution in [0.5, 0.6) is 0 Å². The molecule has 0 saturated heterocycles. The summed E-state index contributed by atoms with van der Waals surface area (Å²) < 4.78 is 0. The van der Waals surface area contributed by atoms with Gasteiger partial charge in [0.2, 0.25) is 0 Å². The lowest BCUT2D eigenvalue weighted by atomic mass is 9.85. The first-order valence-corrected chi connectivity index (χ1v) is 7.13. The normalized spacial score (nSPS) is 34.2. The van der Waals surface area contributed by atoms with Crippen molar-refractivity contribution in [3.8, 4) is 0 Å². The van der Waals surface area contributed by atoms with Gasteiger partial charge in [0.25, 0.3) is 0 Å². The highest BCUT2D eigenvalue weighted by atomic mass is 14.9. The first-order valence-electron chi connectivity index (χ1n) is 7.13. The van der Waals surface area contributed by atoms with Crippen molar-refractivity contribution in [2.45, 2.75) is 70.8 Å². The fraction of sp³-hybridized carbons (Fsp3) is 1.00. The molecule has 0 aromatic heterocycles. The summed E-state index contributed by atoms with van der Waals surface area (Å²) in [6.07, 6.45) is 13.5. The van der Waals surface area contributed by atoms with Crippen LogP contribution >= 0.6 is 0 Å². The van der Waals surface area contributed by atoms with Crippen molar-refractivity contribution in [3.63, 3.8) is 0 Å². The number of hydrogen-bond donors (Lipinski definition) is 1.